The third-order valence-electron chi connectivity index (χ3n) is 4.03. The summed E-state index contributed by atoms with van der Waals surface area (Å²) in [6.07, 6.45) is 0. The van der Waals surface area contributed by atoms with Crippen LogP contribution in [0.2, 0.25) is 10.0 Å². The number of halogens is 2. The van der Waals surface area contributed by atoms with Crippen LogP contribution in [0.15, 0.2) is 47.8 Å². The highest BCUT2D eigenvalue weighted by Gasteiger charge is 2.17. The van der Waals surface area contributed by atoms with E-state index >= 15 is 0 Å². The molecule has 3 aromatic rings. The summed E-state index contributed by atoms with van der Waals surface area (Å²) in [4.78, 5) is 17.2. The molecule has 0 saturated carbocycles. The topological polar surface area (TPSA) is 51.2 Å². The quantitative estimate of drug-likeness (QED) is 0.397. The number of nitrogens with zero attached hydrogens (tertiary/aromatic N) is 1. The van der Waals surface area contributed by atoms with E-state index in [2.05, 4.69) is 10.3 Å². The molecule has 8 heteroatoms. The number of thioether (sulfide) groups is 1. The first kappa shape index (κ1) is 22.0. The lowest BCUT2D eigenvalue weighted by atomic mass is 10.2. The number of hydrogen-bond donors (Lipinski definition) is 1. The van der Waals surface area contributed by atoms with Gasteiger partial charge in [-0.15, -0.1) is 23.1 Å². The Labute approximate surface area is 188 Å². The lowest BCUT2D eigenvalue weighted by molar-refractivity contribution is -0.115. The van der Waals surface area contributed by atoms with Gasteiger partial charge in [-0.25, -0.2) is 4.98 Å². The van der Waals surface area contributed by atoms with E-state index in [1.54, 1.807) is 29.5 Å². The molecule has 0 saturated heterocycles. The second kappa shape index (κ2) is 10.3. The van der Waals surface area contributed by atoms with Crippen LogP contribution in [0.4, 0.5) is 5.69 Å². The summed E-state index contributed by atoms with van der Waals surface area (Å²) < 4.78 is 5.47. The molecule has 0 aliphatic carbocycles. The van der Waals surface area contributed by atoms with E-state index in [0.717, 1.165) is 22.0 Å². The number of anilines is 1. The largest absolute Gasteiger partial charge is 0.494 e. The van der Waals surface area contributed by atoms with Gasteiger partial charge in [0.15, 0.2) is 0 Å². The van der Waals surface area contributed by atoms with E-state index in [0.29, 0.717) is 28.1 Å². The lowest BCUT2D eigenvalue weighted by Gasteiger charge is -2.13. The summed E-state index contributed by atoms with van der Waals surface area (Å²) in [5.74, 6) is 1.34. The molecule has 0 radical (unpaired) electrons. The summed E-state index contributed by atoms with van der Waals surface area (Å²) in [6, 6.07) is 13.0. The number of amides is 1. The van der Waals surface area contributed by atoms with E-state index in [9.17, 15) is 4.79 Å². The predicted molar refractivity (Wildman–Crippen MR) is 125 cm³/mol. The molecule has 0 fully saturated rings. The van der Waals surface area contributed by atoms with E-state index in [4.69, 9.17) is 27.9 Å². The number of nitrogens with one attached hydrogen (secondary N) is 1. The summed E-state index contributed by atoms with van der Waals surface area (Å²) >= 11 is 15.3. The molecule has 0 bridgehead atoms. The van der Waals surface area contributed by atoms with E-state index < -0.39 is 0 Å². The smallest absolute Gasteiger partial charge is 0.237 e. The van der Waals surface area contributed by atoms with Crippen molar-refractivity contribution >= 4 is 57.9 Å². The van der Waals surface area contributed by atoms with Gasteiger partial charge in [0.25, 0.3) is 0 Å². The third-order valence-corrected chi connectivity index (χ3v) is 6.77. The van der Waals surface area contributed by atoms with Crippen LogP contribution in [0.5, 0.6) is 5.75 Å². The fraction of sp³-hybridized carbons (Fsp3) is 0.238. The minimum absolute atomic E-state index is 0.146. The number of para-hydroxylation sites is 1. The standard InChI is InChI=1S/C21H20Cl2N2O2S2/c1-3-27-16-9-7-14(8-10-16)21-24-15(12-29-21)11-28-13(2)20(26)25-19-17(22)5-4-6-18(19)23/h4-10,12-13H,3,11H2,1-2H3,(H,25,26)/t13-/m0/s1. The minimum atomic E-state index is -0.280. The van der Waals surface area contributed by atoms with E-state index in [1.165, 1.54) is 11.8 Å². The molecular formula is C21H20Cl2N2O2S2. The molecule has 0 spiro atoms. The summed E-state index contributed by atoms with van der Waals surface area (Å²) in [7, 11) is 0. The maximum absolute atomic E-state index is 12.5. The van der Waals surface area contributed by atoms with Crippen LogP contribution >= 0.6 is 46.3 Å². The predicted octanol–water partition coefficient (Wildman–Crippen LogP) is 6.78. The fourth-order valence-electron chi connectivity index (χ4n) is 2.49. The Balaban J connectivity index is 1.56. The van der Waals surface area contributed by atoms with Crippen LogP contribution in [0.25, 0.3) is 10.6 Å². The molecule has 1 N–H and O–H groups in total. The van der Waals surface area contributed by atoms with Gasteiger partial charge in [0.05, 0.1) is 33.3 Å². The highest BCUT2D eigenvalue weighted by molar-refractivity contribution is 7.99. The van der Waals surface area contributed by atoms with Crippen molar-refractivity contribution < 1.29 is 9.53 Å². The van der Waals surface area contributed by atoms with Gasteiger partial charge in [-0.3, -0.25) is 4.79 Å². The van der Waals surface area contributed by atoms with Crippen molar-refractivity contribution in [3.8, 4) is 16.3 Å². The number of carbonyl (C=O) groups is 1. The first-order valence-corrected chi connectivity index (χ1v) is 11.7. The van der Waals surface area contributed by atoms with Gasteiger partial charge in [0.2, 0.25) is 5.91 Å². The third kappa shape index (κ3) is 5.89. The maximum atomic E-state index is 12.5. The summed E-state index contributed by atoms with van der Waals surface area (Å²) in [6.45, 7) is 4.46. The second-order valence-corrected chi connectivity index (χ2v) is 9.14. The van der Waals surface area contributed by atoms with E-state index in [1.807, 2.05) is 43.5 Å². The molecule has 0 aliphatic heterocycles. The number of carbonyl (C=O) groups excluding carboxylic acids is 1. The first-order chi connectivity index (χ1) is 14.0. The van der Waals surface area contributed by atoms with Crippen molar-refractivity contribution in [2.45, 2.75) is 24.9 Å². The molecule has 2 aromatic carbocycles. The van der Waals surface area contributed by atoms with Crippen molar-refractivity contribution in [3.63, 3.8) is 0 Å². The minimum Gasteiger partial charge on any atom is -0.494 e. The first-order valence-electron chi connectivity index (χ1n) is 9.02. The normalized spacial score (nSPS) is 11.9. The van der Waals surface area contributed by atoms with Crippen molar-refractivity contribution in [3.05, 3.63) is 63.6 Å². The molecule has 1 aromatic heterocycles. The Kier molecular flexibility index (Phi) is 7.84. The van der Waals surface area contributed by atoms with Gasteiger partial charge in [-0.05, 0) is 50.2 Å². The zero-order chi connectivity index (χ0) is 20.8. The molecule has 1 heterocycles. The number of thiazole rings is 1. The van der Waals surface area contributed by atoms with Crippen LogP contribution < -0.4 is 10.1 Å². The average molecular weight is 467 g/mol. The van der Waals surface area contributed by atoms with Crippen LogP contribution in [0.3, 0.4) is 0 Å². The number of benzene rings is 2. The monoisotopic (exact) mass is 466 g/mol. The van der Waals surface area contributed by atoms with Gasteiger partial charge >= 0.3 is 0 Å². The Morgan fingerprint density at radius 1 is 1.21 bits per heavy atom. The zero-order valence-electron chi connectivity index (χ0n) is 15.9. The van der Waals surface area contributed by atoms with Gasteiger partial charge in [0.1, 0.15) is 10.8 Å². The van der Waals surface area contributed by atoms with Crippen LogP contribution in [-0.2, 0) is 10.5 Å². The molecule has 0 aliphatic rings. The Morgan fingerprint density at radius 3 is 2.55 bits per heavy atom. The highest BCUT2D eigenvalue weighted by atomic mass is 35.5. The van der Waals surface area contributed by atoms with Gasteiger partial charge in [-0.2, -0.15) is 0 Å². The summed E-state index contributed by atoms with van der Waals surface area (Å²) in [5.41, 5.74) is 2.44. The highest BCUT2D eigenvalue weighted by Crippen LogP contribution is 2.31. The van der Waals surface area contributed by atoms with Crippen LogP contribution in [0, 0.1) is 0 Å². The van der Waals surface area contributed by atoms with E-state index in [-0.39, 0.29) is 11.2 Å². The van der Waals surface area contributed by atoms with Gasteiger partial charge in [-0.1, -0.05) is 29.3 Å². The number of ether oxygens (including phenoxy) is 1. The molecule has 29 heavy (non-hydrogen) atoms. The van der Waals surface area contributed by atoms with Crippen molar-refractivity contribution in [1.82, 2.24) is 4.98 Å². The number of hydrogen-bond acceptors (Lipinski definition) is 5. The Bertz CT molecular complexity index is 957. The molecule has 4 nitrogen and oxygen atoms in total. The van der Waals surface area contributed by atoms with Crippen molar-refractivity contribution in [1.29, 1.82) is 0 Å². The van der Waals surface area contributed by atoms with Crippen LogP contribution in [0.1, 0.15) is 19.5 Å². The molecule has 1 amide bonds. The summed E-state index contributed by atoms with van der Waals surface area (Å²) in [5, 5.41) is 6.34. The molecular weight excluding hydrogens is 447 g/mol. The van der Waals surface area contributed by atoms with Crippen LogP contribution in [-0.4, -0.2) is 22.7 Å². The molecule has 1 atom stereocenters. The van der Waals surface area contributed by atoms with Crippen molar-refractivity contribution in [2.75, 3.05) is 11.9 Å². The maximum Gasteiger partial charge on any atom is 0.237 e. The Morgan fingerprint density at radius 2 is 1.90 bits per heavy atom. The second-order valence-electron chi connectivity index (χ2n) is 6.14. The zero-order valence-corrected chi connectivity index (χ0v) is 19.1. The van der Waals surface area contributed by atoms with Gasteiger partial charge in [0, 0.05) is 16.7 Å². The average Bonchev–Trinajstić information content (AvgIpc) is 3.19. The van der Waals surface area contributed by atoms with Gasteiger partial charge < -0.3 is 10.1 Å². The number of rotatable bonds is 8. The fourth-order valence-corrected chi connectivity index (χ4v) is 4.70. The molecule has 152 valence electrons. The number of aromatic nitrogens is 1. The SMILES string of the molecule is CCOc1ccc(-c2nc(CS[C@@H](C)C(=O)Nc3c(Cl)cccc3Cl)cs2)cc1. The molecule has 0 unspecified atom stereocenters. The Hall–Kier alpha value is -1.73. The van der Waals surface area contributed by atoms with Crippen molar-refractivity contribution in [2.24, 2.45) is 0 Å². The molecule has 3 rings (SSSR count). The lowest BCUT2D eigenvalue weighted by Crippen LogP contribution is -2.23.